The first kappa shape index (κ1) is 17.8. The van der Waals surface area contributed by atoms with Gasteiger partial charge in [0.2, 0.25) is 0 Å². The molecular formula is C17H22F3NO2. The zero-order chi connectivity index (χ0) is 17.6. The molecule has 0 amide bonds. The second kappa shape index (κ2) is 5.82. The highest BCUT2D eigenvalue weighted by atomic mass is 19.2. The molecule has 0 saturated carbocycles. The molecule has 23 heavy (non-hydrogen) atoms. The van der Waals surface area contributed by atoms with E-state index in [2.05, 4.69) is 4.90 Å². The van der Waals surface area contributed by atoms with E-state index >= 15 is 0 Å². The average Bonchev–Trinajstić information content (AvgIpc) is 2.41. The molecule has 1 aromatic rings. The van der Waals surface area contributed by atoms with Crippen LogP contribution in [0.4, 0.5) is 13.2 Å². The van der Waals surface area contributed by atoms with Gasteiger partial charge in [0.05, 0.1) is 5.56 Å². The maximum Gasteiger partial charge on any atom is 0.341 e. The molecule has 2 rings (SSSR count). The van der Waals surface area contributed by atoms with E-state index in [0.717, 1.165) is 12.1 Å². The van der Waals surface area contributed by atoms with Crippen LogP contribution in [0, 0.1) is 17.5 Å². The fourth-order valence-electron chi connectivity index (χ4n) is 3.26. The second-order valence-corrected chi connectivity index (χ2v) is 7.34. The van der Waals surface area contributed by atoms with Gasteiger partial charge in [-0.25, -0.2) is 18.0 Å². The molecule has 6 heteroatoms. The molecule has 0 aliphatic carbocycles. The van der Waals surface area contributed by atoms with Crippen molar-refractivity contribution in [3.63, 3.8) is 0 Å². The van der Waals surface area contributed by atoms with Crippen LogP contribution in [0.5, 0.6) is 0 Å². The van der Waals surface area contributed by atoms with Gasteiger partial charge in [-0.05, 0) is 46.9 Å². The molecule has 128 valence electrons. The summed E-state index contributed by atoms with van der Waals surface area (Å²) in [5, 5.41) is 0. The lowest BCUT2D eigenvalue weighted by molar-refractivity contribution is -0.0733. The van der Waals surface area contributed by atoms with Gasteiger partial charge >= 0.3 is 5.97 Å². The van der Waals surface area contributed by atoms with Gasteiger partial charge < -0.3 is 4.74 Å². The smallest absolute Gasteiger partial charge is 0.341 e. The van der Waals surface area contributed by atoms with Gasteiger partial charge in [0, 0.05) is 23.9 Å². The van der Waals surface area contributed by atoms with Crippen LogP contribution in [0.25, 0.3) is 0 Å². The minimum atomic E-state index is -1.66. The fraction of sp³-hybridized carbons (Fsp3) is 0.588. The summed E-state index contributed by atoms with van der Waals surface area (Å²) in [6.45, 7) is 8.14. The zero-order valence-electron chi connectivity index (χ0n) is 14.0. The van der Waals surface area contributed by atoms with Crippen molar-refractivity contribution in [1.29, 1.82) is 0 Å². The minimum Gasteiger partial charge on any atom is -0.459 e. The highest BCUT2D eigenvalue weighted by molar-refractivity contribution is 5.89. The normalized spacial score (nSPS) is 21.2. The Labute approximate surface area is 134 Å². The quantitative estimate of drug-likeness (QED) is 0.608. The van der Waals surface area contributed by atoms with E-state index in [1.807, 2.05) is 34.7 Å². The standard InChI is InChI=1S/C17H22F3NO2/c1-16(2)8-10(9-17(3,4)21(16)5)23-15(22)11-6-7-12(18)14(20)13(11)19/h6-7,10H,8-9H2,1-5H3. The lowest BCUT2D eigenvalue weighted by Gasteiger charge is -2.53. The van der Waals surface area contributed by atoms with Crippen LogP contribution in [0.2, 0.25) is 0 Å². The fourth-order valence-corrected chi connectivity index (χ4v) is 3.26. The molecule has 1 aromatic carbocycles. The molecule has 0 aromatic heterocycles. The SMILES string of the molecule is CN1C(C)(C)CC(OC(=O)c2ccc(F)c(F)c2F)CC1(C)C. The summed E-state index contributed by atoms with van der Waals surface area (Å²) in [4.78, 5) is 14.3. The van der Waals surface area contributed by atoms with Crippen LogP contribution in [0.1, 0.15) is 50.9 Å². The molecule has 0 atom stereocenters. The number of hydrogen-bond donors (Lipinski definition) is 0. The molecule has 0 spiro atoms. The van der Waals surface area contributed by atoms with Gasteiger partial charge in [-0.2, -0.15) is 0 Å². The van der Waals surface area contributed by atoms with Gasteiger partial charge in [-0.15, -0.1) is 0 Å². The van der Waals surface area contributed by atoms with Crippen molar-refractivity contribution in [2.45, 2.75) is 57.7 Å². The molecule has 1 aliphatic rings. The lowest BCUT2D eigenvalue weighted by atomic mass is 9.79. The van der Waals surface area contributed by atoms with Crippen molar-refractivity contribution in [2.24, 2.45) is 0 Å². The van der Waals surface area contributed by atoms with Crippen LogP contribution in [0.15, 0.2) is 12.1 Å². The number of halogens is 3. The number of carbonyl (C=O) groups is 1. The number of hydrogen-bond acceptors (Lipinski definition) is 3. The maximum absolute atomic E-state index is 13.7. The van der Waals surface area contributed by atoms with Crippen molar-refractivity contribution in [1.82, 2.24) is 4.90 Å². The molecule has 0 N–H and O–H groups in total. The summed E-state index contributed by atoms with van der Waals surface area (Å²) in [5.41, 5.74) is -1.00. The third-order valence-electron chi connectivity index (χ3n) is 4.80. The lowest BCUT2D eigenvalue weighted by Crippen LogP contribution is -2.60. The molecule has 1 fully saturated rings. The van der Waals surface area contributed by atoms with Crippen molar-refractivity contribution < 1.29 is 22.7 Å². The Balaban J connectivity index is 2.20. The van der Waals surface area contributed by atoms with Crippen LogP contribution in [0.3, 0.4) is 0 Å². The van der Waals surface area contributed by atoms with Crippen molar-refractivity contribution in [3.05, 3.63) is 35.1 Å². The Morgan fingerprint density at radius 2 is 1.61 bits per heavy atom. The first-order chi connectivity index (χ1) is 10.5. The number of carbonyl (C=O) groups excluding carboxylic acids is 1. The number of piperidine rings is 1. The third-order valence-corrected chi connectivity index (χ3v) is 4.80. The Kier molecular flexibility index (Phi) is 4.50. The van der Waals surface area contributed by atoms with E-state index in [-0.39, 0.29) is 11.1 Å². The van der Waals surface area contributed by atoms with Crippen LogP contribution in [-0.4, -0.2) is 35.1 Å². The van der Waals surface area contributed by atoms with E-state index in [0.29, 0.717) is 12.8 Å². The predicted octanol–water partition coefficient (Wildman–Crippen LogP) is 3.91. The highest BCUT2D eigenvalue weighted by Gasteiger charge is 2.44. The molecule has 1 heterocycles. The van der Waals surface area contributed by atoms with Crippen LogP contribution >= 0.6 is 0 Å². The van der Waals surface area contributed by atoms with E-state index in [9.17, 15) is 18.0 Å². The second-order valence-electron chi connectivity index (χ2n) is 7.34. The van der Waals surface area contributed by atoms with Crippen molar-refractivity contribution >= 4 is 5.97 Å². The van der Waals surface area contributed by atoms with Crippen LogP contribution in [-0.2, 0) is 4.74 Å². The monoisotopic (exact) mass is 329 g/mol. The van der Waals surface area contributed by atoms with Crippen molar-refractivity contribution in [3.8, 4) is 0 Å². The largest absolute Gasteiger partial charge is 0.459 e. The minimum absolute atomic E-state index is 0.209. The Morgan fingerprint density at radius 3 is 2.13 bits per heavy atom. The molecule has 1 saturated heterocycles. The molecule has 0 unspecified atom stereocenters. The predicted molar refractivity (Wildman–Crippen MR) is 80.7 cm³/mol. The summed E-state index contributed by atoms with van der Waals surface area (Å²) in [7, 11) is 2.01. The average molecular weight is 329 g/mol. The summed E-state index contributed by atoms with van der Waals surface area (Å²) in [6.07, 6.45) is 0.727. The topological polar surface area (TPSA) is 29.5 Å². The Morgan fingerprint density at radius 1 is 1.09 bits per heavy atom. The first-order valence-corrected chi connectivity index (χ1v) is 7.54. The number of rotatable bonds is 2. The van der Waals surface area contributed by atoms with E-state index in [1.54, 1.807) is 0 Å². The Bertz CT molecular complexity index is 611. The summed E-state index contributed by atoms with van der Waals surface area (Å²) in [5.74, 6) is -5.48. The Hall–Kier alpha value is -1.56. The number of benzene rings is 1. The zero-order valence-corrected chi connectivity index (χ0v) is 14.0. The van der Waals surface area contributed by atoms with Crippen LogP contribution < -0.4 is 0 Å². The van der Waals surface area contributed by atoms with E-state index < -0.39 is 35.1 Å². The molecule has 0 bridgehead atoms. The van der Waals surface area contributed by atoms with Crippen molar-refractivity contribution in [2.75, 3.05) is 7.05 Å². The number of nitrogens with zero attached hydrogens (tertiary/aromatic N) is 1. The van der Waals surface area contributed by atoms with Gasteiger partial charge in [0.1, 0.15) is 6.10 Å². The first-order valence-electron chi connectivity index (χ1n) is 7.54. The van der Waals surface area contributed by atoms with E-state index in [1.165, 1.54) is 0 Å². The summed E-state index contributed by atoms with van der Waals surface area (Å²) >= 11 is 0. The number of likely N-dealkylation sites (tertiary alicyclic amines) is 1. The number of esters is 1. The third kappa shape index (κ3) is 3.37. The highest BCUT2D eigenvalue weighted by Crippen LogP contribution is 2.38. The number of ether oxygens (including phenoxy) is 1. The van der Waals surface area contributed by atoms with E-state index in [4.69, 9.17) is 4.74 Å². The molecular weight excluding hydrogens is 307 g/mol. The summed E-state index contributed by atoms with van der Waals surface area (Å²) < 4.78 is 45.3. The van der Waals surface area contributed by atoms with Gasteiger partial charge in [0.15, 0.2) is 17.5 Å². The molecule has 3 nitrogen and oxygen atoms in total. The van der Waals surface area contributed by atoms with Gasteiger partial charge in [-0.3, -0.25) is 4.90 Å². The van der Waals surface area contributed by atoms with Gasteiger partial charge in [0.25, 0.3) is 0 Å². The molecule has 1 aliphatic heterocycles. The maximum atomic E-state index is 13.7. The molecule has 0 radical (unpaired) electrons. The van der Waals surface area contributed by atoms with Gasteiger partial charge in [-0.1, -0.05) is 0 Å². The summed E-state index contributed by atoms with van der Waals surface area (Å²) in [6, 6.07) is 1.62.